The number of aromatic nitrogens is 2. The lowest BCUT2D eigenvalue weighted by Crippen LogP contribution is -2.30. The third-order valence-corrected chi connectivity index (χ3v) is 3.62. The molecule has 0 radical (unpaired) electrons. The van der Waals surface area contributed by atoms with Gasteiger partial charge in [0.2, 0.25) is 5.95 Å². The van der Waals surface area contributed by atoms with Gasteiger partial charge < -0.3 is 10.2 Å². The summed E-state index contributed by atoms with van der Waals surface area (Å²) >= 11 is 0. The largest absolute Gasteiger partial charge is 0.419 e. The first-order valence-electron chi connectivity index (χ1n) is 7.56. The number of hydrogen-bond donors (Lipinski definition) is 2. The molecule has 0 aliphatic carbocycles. The van der Waals surface area contributed by atoms with Gasteiger partial charge in [-0.05, 0) is 13.0 Å². The maximum atomic E-state index is 14.0. The van der Waals surface area contributed by atoms with Crippen LogP contribution in [-0.4, -0.2) is 30.0 Å². The third-order valence-electron chi connectivity index (χ3n) is 3.62. The molecule has 0 saturated carbocycles. The maximum Gasteiger partial charge on any atom is 0.419 e. The van der Waals surface area contributed by atoms with E-state index < -0.39 is 46.4 Å². The predicted octanol–water partition coefficient (Wildman–Crippen LogP) is 2.62. The van der Waals surface area contributed by atoms with Gasteiger partial charge in [0.15, 0.2) is 11.6 Å². The van der Waals surface area contributed by atoms with E-state index in [1.54, 1.807) is 14.1 Å². The number of carbonyl (C=O) groups excluding carboxylic acids is 1. The van der Waals surface area contributed by atoms with E-state index in [2.05, 4.69) is 15.3 Å². The Morgan fingerprint density at radius 2 is 1.85 bits per heavy atom. The molecular weight excluding hydrogens is 375 g/mol. The van der Waals surface area contributed by atoms with Gasteiger partial charge in [-0.15, -0.1) is 0 Å². The van der Waals surface area contributed by atoms with Crippen LogP contribution in [0.2, 0.25) is 0 Å². The second-order valence-electron chi connectivity index (χ2n) is 5.87. The number of H-pyrrole nitrogens is 1. The van der Waals surface area contributed by atoms with Crippen molar-refractivity contribution in [3.8, 4) is 0 Å². The molecule has 0 bridgehead atoms. The van der Waals surface area contributed by atoms with Crippen molar-refractivity contribution in [3.05, 3.63) is 57.0 Å². The van der Waals surface area contributed by atoms with Gasteiger partial charge in [0.1, 0.15) is 5.69 Å². The Balaban J connectivity index is 2.30. The lowest BCUT2D eigenvalue weighted by Gasteiger charge is -2.17. The highest BCUT2D eigenvalue weighted by molar-refractivity contribution is 5.92. The lowest BCUT2D eigenvalue weighted by atomic mass is 10.0. The number of nitrogens with one attached hydrogen (secondary N) is 2. The van der Waals surface area contributed by atoms with E-state index >= 15 is 0 Å². The van der Waals surface area contributed by atoms with Gasteiger partial charge >= 0.3 is 6.18 Å². The van der Waals surface area contributed by atoms with E-state index in [1.807, 2.05) is 0 Å². The van der Waals surface area contributed by atoms with Crippen LogP contribution in [0.4, 0.5) is 27.9 Å². The smallest absolute Gasteiger partial charge is 0.348 e. The fraction of sp³-hybridized carbons (Fsp3) is 0.312. The van der Waals surface area contributed by atoms with E-state index in [0.29, 0.717) is 6.07 Å². The number of aromatic amines is 1. The van der Waals surface area contributed by atoms with E-state index in [-0.39, 0.29) is 11.6 Å². The van der Waals surface area contributed by atoms with Crippen molar-refractivity contribution in [1.82, 2.24) is 15.3 Å². The zero-order chi connectivity index (χ0) is 20.5. The molecule has 6 nitrogen and oxygen atoms in total. The molecule has 146 valence electrons. The molecule has 1 unspecified atom stereocenters. The maximum absolute atomic E-state index is 14.0. The van der Waals surface area contributed by atoms with Gasteiger partial charge in [-0.25, -0.2) is 13.8 Å². The molecule has 1 atom stereocenters. The lowest BCUT2D eigenvalue weighted by molar-refractivity contribution is -0.140. The highest BCUT2D eigenvalue weighted by Gasteiger charge is 2.36. The summed E-state index contributed by atoms with van der Waals surface area (Å²) in [5.74, 6) is -4.56. The fourth-order valence-electron chi connectivity index (χ4n) is 2.24. The van der Waals surface area contributed by atoms with Gasteiger partial charge in [0, 0.05) is 25.7 Å². The summed E-state index contributed by atoms with van der Waals surface area (Å²) in [6.07, 6.45) is -5.05. The van der Waals surface area contributed by atoms with Crippen LogP contribution in [0, 0.1) is 11.6 Å². The van der Waals surface area contributed by atoms with Crippen molar-refractivity contribution in [3.63, 3.8) is 0 Å². The van der Waals surface area contributed by atoms with Gasteiger partial charge in [0.05, 0.1) is 11.6 Å². The summed E-state index contributed by atoms with van der Waals surface area (Å²) in [6.45, 7) is 1.25. The number of rotatable bonds is 4. The third kappa shape index (κ3) is 4.41. The monoisotopic (exact) mass is 390 g/mol. The molecule has 2 rings (SSSR count). The molecule has 0 fully saturated rings. The number of benzene rings is 1. The molecule has 0 spiro atoms. The zero-order valence-corrected chi connectivity index (χ0v) is 14.4. The number of halogens is 5. The SMILES string of the molecule is CC(NC(=O)c1cc(=O)[nH]c(N(C)C)n1)c1ccc(C(F)(F)F)c(F)c1F. The van der Waals surface area contributed by atoms with Crippen LogP contribution >= 0.6 is 0 Å². The van der Waals surface area contributed by atoms with Crippen molar-refractivity contribution < 1.29 is 26.7 Å². The Labute approximate surface area is 150 Å². The second kappa shape index (κ2) is 7.33. The van der Waals surface area contributed by atoms with Crippen LogP contribution in [0.15, 0.2) is 23.0 Å². The molecule has 0 aliphatic heterocycles. The minimum atomic E-state index is -5.05. The average molecular weight is 390 g/mol. The summed E-state index contributed by atoms with van der Waals surface area (Å²) in [5, 5.41) is 2.27. The molecule has 2 N–H and O–H groups in total. The van der Waals surface area contributed by atoms with Crippen LogP contribution in [-0.2, 0) is 6.18 Å². The van der Waals surface area contributed by atoms with E-state index in [9.17, 15) is 31.5 Å². The topological polar surface area (TPSA) is 78.1 Å². The Hall–Kier alpha value is -2.98. The zero-order valence-electron chi connectivity index (χ0n) is 14.4. The van der Waals surface area contributed by atoms with Gasteiger partial charge in [0.25, 0.3) is 11.5 Å². The molecule has 11 heteroatoms. The number of alkyl halides is 3. The number of hydrogen-bond acceptors (Lipinski definition) is 4. The van der Waals surface area contributed by atoms with Crippen LogP contribution in [0.5, 0.6) is 0 Å². The standard InChI is InChI=1S/C16H15F5N4O2/c1-7(8-4-5-9(16(19,20)21)13(18)12(8)17)22-14(27)10-6-11(26)24-15(23-10)25(2)3/h4-7H,1-3H3,(H,22,27)(H,23,24,26). The highest BCUT2D eigenvalue weighted by Crippen LogP contribution is 2.34. The normalized spacial score (nSPS) is 12.6. The number of nitrogens with zero attached hydrogens (tertiary/aromatic N) is 2. The summed E-state index contributed by atoms with van der Waals surface area (Å²) in [4.78, 5) is 31.6. The highest BCUT2D eigenvalue weighted by atomic mass is 19.4. The summed E-state index contributed by atoms with van der Waals surface area (Å²) in [7, 11) is 3.14. The van der Waals surface area contributed by atoms with Crippen molar-refractivity contribution >= 4 is 11.9 Å². The van der Waals surface area contributed by atoms with E-state index in [0.717, 1.165) is 12.1 Å². The molecule has 0 saturated heterocycles. The van der Waals surface area contributed by atoms with E-state index in [1.165, 1.54) is 11.8 Å². The first kappa shape index (κ1) is 20.3. The number of amides is 1. The van der Waals surface area contributed by atoms with Crippen molar-refractivity contribution in [1.29, 1.82) is 0 Å². The fourth-order valence-corrected chi connectivity index (χ4v) is 2.24. The van der Waals surface area contributed by atoms with Gasteiger partial charge in [-0.2, -0.15) is 13.2 Å². The van der Waals surface area contributed by atoms with Crippen molar-refractivity contribution in [2.24, 2.45) is 0 Å². The molecule has 27 heavy (non-hydrogen) atoms. The number of carbonyl (C=O) groups is 1. The molecular formula is C16H15F5N4O2. The van der Waals surface area contributed by atoms with Crippen molar-refractivity contribution in [2.75, 3.05) is 19.0 Å². The Morgan fingerprint density at radius 3 is 2.41 bits per heavy atom. The predicted molar refractivity (Wildman–Crippen MR) is 86.4 cm³/mol. The molecule has 1 amide bonds. The minimum Gasteiger partial charge on any atom is -0.348 e. The Bertz CT molecular complexity index is 924. The quantitative estimate of drug-likeness (QED) is 0.787. The first-order chi connectivity index (χ1) is 12.4. The Morgan fingerprint density at radius 1 is 1.22 bits per heavy atom. The second-order valence-corrected chi connectivity index (χ2v) is 5.87. The molecule has 1 aromatic carbocycles. The minimum absolute atomic E-state index is 0.0899. The molecule has 1 heterocycles. The van der Waals surface area contributed by atoms with Crippen LogP contribution < -0.4 is 15.8 Å². The number of anilines is 1. The van der Waals surface area contributed by atoms with Crippen LogP contribution in [0.1, 0.15) is 34.6 Å². The first-order valence-corrected chi connectivity index (χ1v) is 7.56. The molecule has 2 aromatic rings. The van der Waals surface area contributed by atoms with Gasteiger partial charge in [-0.3, -0.25) is 14.6 Å². The van der Waals surface area contributed by atoms with Crippen LogP contribution in [0.3, 0.4) is 0 Å². The summed E-state index contributed by atoms with van der Waals surface area (Å²) < 4.78 is 65.6. The molecule has 0 aliphatic rings. The van der Waals surface area contributed by atoms with Gasteiger partial charge in [-0.1, -0.05) is 6.07 Å². The molecule has 1 aromatic heterocycles. The summed E-state index contributed by atoms with van der Waals surface area (Å²) in [5.41, 5.74) is -3.12. The van der Waals surface area contributed by atoms with E-state index in [4.69, 9.17) is 0 Å². The summed E-state index contributed by atoms with van der Waals surface area (Å²) in [6, 6.07) is 0.853. The van der Waals surface area contributed by atoms with Crippen molar-refractivity contribution in [2.45, 2.75) is 19.1 Å². The average Bonchev–Trinajstić information content (AvgIpc) is 2.55. The Kier molecular flexibility index (Phi) is 5.52. The van der Waals surface area contributed by atoms with Crippen LogP contribution in [0.25, 0.3) is 0 Å².